The van der Waals surface area contributed by atoms with E-state index >= 15 is 0 Å². The molecule has 2 N–H and O–H groups in total. The van der Waals surface area contributed by atoms with Gasteiger partial charge in [-0.25, -0.2) is 4.79 Å². The number of anilines is 1. The van der Waals surface area contributed by atoms with Gasteiger partial charge in [0.15, 0.2) is 0 Å². The van der Waals surface area contributed by atoms with Gasteiger partial charge in [-0.1, -0.05) is 57.2 Å². The Morgan fingerprint density at radius 2 is 1.71 bits per heavy atom. The summed E-state index contributed by atoms with van der Waals surface area (Å²) in [5.41, 5.74) is 3.12. The lowest BCUT2D eigenvalue weighted by Crippen LogP contribution is -2.36. The highest BCUT2D eigenvalue weighted by molar-refractivity contribution is 7.17. The Kier molecular flexibility index (Phi) is 6.42. The highest BCUT2D eigenvalue weighted by Crippen LogP contribution is 2.49. The van der Waals surface area contributed by atoms with Gasteiger partial charge in [0.05, 0.1) is 18.4 Å². The molecule has 4 rings (SSSR count). The number of aryl methyl sites for hydroxylation is 1. The Balaban J connectivity index is 1.71. The molecule has 0 unspecified atom stereocenters. The van der Waals surface area contributed by atoms with Crippen LogP contribution in [0.15, 0.2) is 36.4 Å². The van der Waals surface area contributed by atoms with Crippen LogP contribution < -0.4 is 5.32 Å². The highest BCUT2D eigenvalue weighted by Gasteiger charge is 2.51. The topological polar surface area (TPSA) is 92.7 Å². The molecule has 180 valence electrons. The van der Waals surface area contributed by atoms with E-state index in [2.05, 4.69) is 38.2 Å². The van der Waals surface area contributed by atoms with E-state index in [0.29, 0.717) is 17.0 Å². The Hall–Kier alpha value is -2.93. The Morgan fingerprint density at radius 1 is 1.09 bits per heavy atom. The first-order chi connectivity index (χ1) is 16.0. The molecule has 1 aromatic heterocycles. The summed E-state index contributed by atoms with van der Waals surface area (Å²) < 4.78 is 5.35. The van der Waals surface area contributed by atoms with Crippen molar-refractivity contribution in [2.45, 2.75) is 46.5 Å². The zero-order chi connectivity index (χ0) is 24.8. The second kappa shape index (κ2) is 9.02. The molecule has 0 spiro atoms. The van der Waals surface area contributed by atoms with Crippen molar-refractivity contribution in [3.05, 3.63) is 52.4 Å². The van der Waals surface area contributed by atoms with Gasteiger partial charge in [-0.15, -0.1) is 11.3 Å². The maximum atomic E-state index is 13.3. The van der Waals surface area contributed by atoms with Crippen LogP contribution in [0.25, 0.3) is 11.1 Å². The van der Waals surface area contributed by atoms with Gasteiger partial charge in [-0.05, 0) is 48.6 Å². The number of carboxylic acid groups (broad SMARTS) is 1. The number of benzene rings is 1. The quantitative estimate of drug-likeness (QED) is 0.410. The van der Waals surface area contributed by atoms with Crippen LogP contribution in [0.5, 0.6) is 0 Å². The van der Waals surface area contributed by atoms with Gasteiger partial charge in [0.25, 0.3) is 0 Å². The van der Waals surface area contributed by atoms with Crippen molar-refractivity contribution in [3.8, 4) is 11.1 Å². The van der Waals surface area contributed by atoms with Crippen LogP contribution >= 0.6 is 11.3 Å². The van der Waals surface area contributed by atoms with Gasteiger partial charge in [-0.3, -0.25) is 9.59 Å². The fourth-order valence-electron chi connectivity index (χ4n) is 5.23. The lowest BCUT2D eigenvalue weighted by Gasteiger charge is -2.23. The number of hydrogen-bond acceptors (Lipinski definition) is 5. The number of carbonyl (C=O) groups is 3. The van der Waals surface area contributed by atoms with E-state index < -0.39 is 23.8 Å². The van der Waals surface area contributed by atoms with Crippen LogP contribution in [0.2, 0.25) is 0 Å². The minimum Gasteiger partial charge on any atom is -0.481 e. The molecule has 0 aliphatic heterocycles. The number of hydrogen-bond donors (Lipinski definition) is 2. The number of esters is 1. The Bertz CT molecular complexity index is 1150. The minimum atomic E-state index is -0.954. The fraction of sp³-hybridized carbons (Fsp3) is 0.444. The highest BCUT2D eigenvalue weighted by atomic mass is 32.1. The number of thiophene rings is 1. The summed E-state index contributed by atoms with van der Waals surface area (Å²) in [6, 6.07) is 8.09. The van der Waals surface area contributed by atoms with Crippen molar-refractivity contribution >= 4 is 34.2 Å². The lowest BCUT2D eigenvalue weighted by molar-refractivity contribution is -0.146. The number of rotatable bonds is 6. The summed E-state index contributed by atoms with van der Waals surface area (Å²) in [6.45, 7) is 10.3. The third-order valence-corrected chi connectivity index (χ3v) is 7.91. The third-order valence-electron chi connectivity index (χ3n) is 6.89. The number of ether oxygens (including phenoxy) is 1. The summed E-state index contributed by atoms with van der Waals surface area (Å²) in [6.07, 6.45) is 4.53. The van der Waals surface area contributed by atoms with Crippen molar-refractivity contribution in [3.63, 3.8) is 0 Å². The number of amides is 1. The second-order valence-corrected chi connectivity index (χ2v) is 11.3. The predicted octanol–water partition coefficient (Wildman–Crippen LogP) is 5.66. The first kappa shape index (κ1) is 24.2. The lowest BCUT2D eigenvalue weighted by atomic mass is 9.82. The first-order valence-corrected chi connectivity index (χ1v) is 12.5. The molecule has 6 nitrogen and oxygen atoms in total. The molecular formula is C27H31NO5S. The number of allylic oxidation sites excluding steroid dienone is 2. The zero-order valence-electron chi connectivity index (χ0n) is 20.2. The number of carboxylic acids is 1. The summed E-state index contributed by atoms with van der Waals surface area (Å²) in [5.74, 6) is -3.42. The summed E-state index contributed by atoms with van der Waals surface area (Å²) >= 11 is 1.32. The molecule has 0 radical (unpaired) electrons. The summed E-state index contributed by atoms with van der Waals surface area (Å²) in [7, 11) is 0. The zero-order valence-corrected chi connectivity index (χ0v) is 21.0. The fourth-order valence-corrected chi connectivity index (χ4v) is 6.29. The molecule has 2 aliphatic carbocycles. The molecule has 7 heteroatoms. The first-order valence-electron chi connectivity index (χ1n) is 11.7. The van der Waals surface area contributed by atoms with Gasteiger partial charge in [0, 0.05) is 10.4 Å². The van der Waals surface area contributed by atoms with Crippen LogP contribution in [-0.2, 0) is 19.7 Å². The molecule has 2 aliphatic rings. The van der Waals surface area contributed by atoms with E-state index in [1.165, 1.54) is 16.9 Å². The average molecular weight is 482 g/mol. The smallest absolute Gasteiger partial charge is 0.341 e. The SMILES string of the molecule is CCOC(=O)c1c(NC(=O)[C@H]2[C@@H](C(=O)O)[C@H]3C=C[C@@H]2C3)sc(C)c1-c1ccc(C(C)(C)C)cc1. The van der Waals surface area contributed by atoms with E-state index in [1.54, 1.807) is 6.92 Å². The van der Waals surface area contributed by atoms with Crippen LogP contribution in [0.3, 0.4) is 0 Å². The van der Waals surface area contributed by atoms with Gasteiger partial charge in [-0.2, -0.15) is 0 Å². The van der Waals surface area contributed by atoms with Crippen molar-refractivity contribution in [1.29, 1.82) is 0 Å². The molecule has 1 fully saturated rings. The van der Waals surface area contributed by atoms with Crippen molar-refractivity contribution in [2.24, 2.45) is 23.7 Å². The molecule has 34 heavy (non-hydrogen) atoms. The molecular weight excluding hydrogens is 450 g/mol. The molecule has 0 saturated heterocycles. The Labute approximate surface area is 204 Å². The van der Waals surface area contributed by atoms with E-state index in [4.69, 9.17) is 4.74 Å². The van der Waals surface area contributed by atoms with Gasteiger partial charge >= 0.3 is 11.9 Å². The van der Waals surface area contributed by atoms with E-state index in [-0.39, 0.29) is 29.8 Å². The number of nitrogens with one attached hydrogen (secondary N) is 1. The molecule has 1 amide bonds. The predicted molar refractivity (Wildman–Crippen MR) is 133 cm³/mol. The van der Waals surface area contributed by atoms with Crippen molar-refractivity contribution < 1.29 is 24.2 Å². The van der Waals surface area contributed by atoms with Gasteiger partial charge in [0.2, 0.25) is 5.91 Å². The van der Waals surface area contributed by atoms with Crippen molar-refractivity contribution in [2.75, 3.05) is 11.9 Å². The second-order valence-electron chi connectivity index (χ2n) is 10.1. The maximum Gasteiger partial charge on any atom is 0.341 e. The molecule has 1 aromatic carbocycles. The molecule has 2 aromatic rings. The average Bonchev–Trinajstić information content (AvgIpc) is 3.46. The van der Waals surface area contributed by atoms with Crippen LogP contribution in [0, 0.1) is 30.6 Å². The third kappa shape index (κ3) is 4.29. The van der Waals surface area contributed by atoms with Crippen molar-refractivity contribution in [1.82, 2.24) is 0 Å². The Morgan fingerprint density at radius 3 is 2.26 bits per heavy atom. The van der Waals surface area contributed by atoms with Crippen LogP contribution in [0.4, 0.5) is 5.00 Å². The summed E-state index contributed by atoms with van der Waals surface area (Å²) in [4.78, 5) is 39.1. The monoisotopic (exact) mass is 481 g/mol. The normalized spacial score (nSPS) is 23.2. The van der Waals surface area contributed by atoms with Crippen LogP contribution in [-0.4, -0.2) is 29.6 Å². The largest absolute Gasteiger partial charge is 0.481 e. The molecule has 1 heterocycles. The molecule has 1 saturated carbocycles. The minimum absolute atomic E-state index is 0.00111. The van der Waals surface area contributed by atoms with E-state index in [9.17, 15) is 19.5 Å². The standard InChI is InChI=1S/C27H31NO5S/c1-6-33-26(32)22-19(15-9-11-18(12-10-15)27(3,4)5)14(2)34-24(22)28-23(29)20-16-7-8-17(13-16)21(20)25(30)31/h7-12,16-17,20-21H,6,13H2,1-5H3,(H,28,29)(H,30,31)/t16-,17+,20-,21+/m1/s1. The summed E-state index contributed by atoms with van der Waals surface area (Å²) in [5, 5.41) is 13.0. The van der Waals surface area contributed by atoms with Crippen LogP contribution in [0.1, 0.15) is 54.9 Å². The van der Waals surface area contributed by atoms with E-state index in [0.717, 1.165) is 16.0 Å². The molecule has 2 bridgehead atoms. The number of aliphatic carboxylic acids is 1. The number of fused-ring (bicyclic) bond motifs is 2. The van der Waals surface area contributed by atoms with Gasteiger partial charge in [0.1, 0.15) is 10.6 Å². The number of carbonyl (C=O) groups excluding carboxylic acids is 2. The van der Waals surface area contributed by atoms with E-state index in [1.807, 2.05) is 31.2 Å². The maximum absolute atomic E-state index is 13.3. The molecule has 4 atom stereocenters. The van der Waals surface area contributed by atoms with Gasteiger partial charge < -0.3 is 15.2 Å².